The van der Waals surface area contributed by atoms with Crippen LogP contribution in [0.15, 0.2) is 36.7 Å². The normalized spacial score (nSPS) is 21.4. The van der Waals surface area contributed by atoms with Crippen LogP contribution < -0.4 is 0 Å². The van der Waals surface area contributed by atoms with Gasteiger partial charge in [0, 0.05) is 31.1 Å². The standard InChI is InChI=1S/C20H25N3O/c1-20(2)12-16(20)19(24)22-11-9-18-17(13-22)21-14-23(18)10-8-15-6-4-3-5-7-15/h3-7,14,16H,8-13H2,1-2H3/t16-/m0/s1. The summed E-state index contributed by atoms with van der Waals surface area (Å²) in [4.78, 5) is 19.2. The van der Waals surface area contributed by atoms with Crippen molar-refractivity contribution in [2.45, 2.75) is 46.2 Å². The highest BCUT2D eigenvalue weighted by Gasteiger charge is 2.52. The monoisotopic (exact) mass is 323 g/mol. The van der Waals surface area contributed by atoms with E-state index >= 15 is 0 Å². The summed E-state index contributed by atoms with van der Waals surface area (Å²) < 4.78 is 2.27. The molecule has 1 aromatic heterocycles. The van der Waals surface area contributed by atoms with E-state index < -0.39 is 0 Å². The minimum Gasteiger partial charge on any atom is -0.336 e. The Bertz CT molecular complexity index is 747. The van der Waals surface area contributed by atoms with E-state index in [0.717, 1.165) is 38.0 Å². The van der Waals surface area contributed by atoms with Gasteiger partial charge < -0.3 is 9.47 Å². The highest BCUT2D eigenvalue weighted by atomic mass is 16.2. The summed E-state index contributed by atoms with van der Waals surface area (Å²) in [6.07, 6.45) is 4.91. The van der Waals surface area contributed by atoms with E-state index in [2.05, 4.69) is 53.7 Å². The number of nitrogens with zero attached hydrogens (tertiary/aromatic N) is 3. The van der Waals surface area contributed by atoms with Crippen molar-refractivity contribution in [3.63, 3.8) is 0 Å². The second-order valence-electron chi connectivity index (χ2n) is 7.82. The fourth-order valence-corrected chi connectivity index (χ4v) is 3.75. The molecule has 4 heteroatoms. The molecule has 126 valence electrons. The van der Waals surface area contributed by atoms with Crippen molar-refractivity contribution in [2.75, 3.05) is 6.54 Å². The van der Waals surface area contributed by atoms with Gasteiger partial charge in [-0.05, 0) is 23.8 Å². The highest BCUT2D eigenvalue weighted by molar-refractivity contribution is 5.82. The molecule has 2 heterocycles. The van der Waals surface area contributed by atoms with Gasteiger partial charge in [-0.1, -0.05) is 44.2 Å². The number of fused-ring (bicyclic) bond motifs is 1. The quantitative estimate of drug-likeness (QED) is 0.867. The molecule has 1 aliphatic heterocycles. The van der Waals surface area contributed by atoms with Crippen LogP contribution in [0.25, 0.3) is 0 Å². The van der Waals surface area contributed by atoms with Crippen molar-refractivity contribution in [3.05, 3.63) is 53.6 Å². The molecule has 1 amide bonds. The predicted molar refractivity (Wildman–Crippen MR) is 93.4 cm³/mol. The number of aromatic nitrogens is 2. The van der Waals surface area contributed by atoms with E-state index in [-0.39, 0.29) is 11.3 Å². The van der Waals surface area contributed by atoms with Crippen LogP contribution in [0.2, 0.25) is 0 Å². The summed E-state index contributed by atoms with van der Waals surface area (Å²) in [5, 5.41) is 0. The van der Waals surface area contributed by atoms with E-state index in [0.29, 0.717) is 12.5 Å². The summed E-state index contributed by atoms with van der Waals surface area (Å²) in [6, 6.07) is 10.6. The Hall–Kier alpha value is -2.10. The van der Waals surface area contributed by atoms with E-state index in [4.69, 9.17) is 0 Å². The van der Waals surface area contributed by atoms with Gasteiger partial charge in [-0.25, -0.2) is 4.98 Å². The first-order valence-corrected chi connectivity index (χ1v) is 8.90. The van der Waals surface area contributed by atoms with Crippen LogP contribution in [-0.2, 0) is 30.7 Å². The number of imidazole rings is 1. The van der Waals surface area contributed by atoms with Crippen molar-refractivity contribution in [1.82, 2.24) is 14.5 Å². The molecule has 4 nitrogen and oxygen atoms in total. The van der Waals surface area contributed by atoms with Gasteiger partial charge in [-0.2, -0.15) is 0 Å². The molecule has 4 rings (SSSR count). The smallest absolute Gasteiger partial charge is 0.226 e. The molecule has 24 heavy (non-hydrogen) atoms. The van der Waals surface area contributed by atoms with Gasteiger partial charge in [0.15, 0.2) is 0 Å². The zero-order valence-corrected chi connectivity index (χ0v) is 14.5. The molecular weight excluding hydrogens is 298 g/mol. The van der Waals surface area contributed by atoms with Crippen LogP contribution in [0.4, 0.5) is 0 Å². The Morgan fingerprint density at radius 3 is 2.75 bits per heavy atom. The van der Waals surface area contributed by atoms with Crippen LogP contribution >= 0.6 is 0 Å². The number of rotatable bonds is 4. The Kier molecular flexibility index (Phi) is 3.70. The van der Waals surface area contributed by atoms with Gasteiger partial charge in [0.25, 0.3) is 0 Å². The van der Waals surface area contributed by atoms with Gasteiger partial charge in [-0.3, -0.25) is 4.79 Å². The maximum Gasteiger partial charge on any atom is 0.226 e. The lowest BCUT2D eigenvalue weighted by Crippen LogP contribution is -2.38. The predicted octanol–water partition coefficient (Wildman–Crippen LogP) is 3.06. The largest absolute Gasteiger partial charge is 0.336 e. The molecule has 0 radical (unpaired) electrons. The van der Waals surface area contributed by atoms with Gasteiger partial charge in [-0.15, -0.1) is 0 Å². The second kappa shape index (κ2) is 5.76. The molecule has 0 bridgehead atoms. The Morgan fingerprint density at radius 1 is 1.29 bits per heavy atom. The topological polar surface area (TPSA) is 38.1 Å². The lowest BCUT2D eigenvalue weighted by atomic mass is 10.1. The third kappa shape index (κ3) is 2.85. The zero-order chi connectivity index (χ0) is 16.7. The van der Waals surface area contributed by atoms with Crippen molar-refractivity contribution < 1.29 is 4.79 Å². The number of hydrogen-bond donors (Lipinski definition) is 0. The zero-order valence-electron chi connectivity index (χ0n) is 14.5. The summed E-state index contributed by atoms with van der Waals surface area (Å²) in [5.41, 5.74) is 3.95. The van der Waals surface area contributed by atoms with Crippen LogP contribution in [-0.4, -0.2) is 26.9 Å². The Morgan fingerprint density at radius 2 is 2.04 bits per heavy atom. The molecule has 1 aromatic carbocycles. The fraction of sp³-hybridized carbons (Fsp3) is 0.500. The maximum absolute atomic E-state index is 12.6. The van der Waals surface area contributed by atoms with Crippen molar-refractivity contribution in [2.24, 2.45) is 11.3 Å². The molecule has 1 atom stereocenters. The van der Waals surface area contributed by atoms with E-state index in [1.54, 1.807) is 0 Å². The first-order chi connectivity index (χ1) is 11.5. The van der Waals surface area contributed by atoms with Crippen molar-refractivity contribution >= 4 is 5.91 Å². The average Bonchev–Trinajstić information content (AvgIpc) is 3.05. The van der Waals surface area contributed by atoms with E-state index in [1.165, 1.54) is 11.3 Å². The summed E-state index contributed by atoms with van der Waals surface area (Å²) >= 11 is 0. The fourth-order valence-electron chi connectivity index (χ4n) is 3.75. The third-order valence-electron chi connectivity index (χ3n) is 5.60. The van der Waals surface area contributed by atoms with Crippen molar-refractivity contribution in [1.29, 1.82) is 0 Å². The minimum atomic E-state index is 0.201. The van der Waals surface area contributed by atoms with Crippen LogP contribution in [0.1, 0.15) is 37.2 Å². The van der Waals surface area contributed by atoms with Crippen LogP contribution in [0, 0.1) is 11.3 Å². The molecule has 2 aliphatic rings. The van der Waals surface area contributed by atoms with E-state index in [1.807, 2.05) is 11.2 Å². The SMILES string of the molecule is CC1(C)C[C@H]1C(=O)N1CCc2c(ncn2CCc2ccccc2)C1. The lowest BCUT2D eigenvalue weighted by molar-refractivity contribution is -0.134. The number of aryl methyl sites for hydroxylation is 2. The van der Waals surface area contributed by atoms with Crippen molar-refractivity contribution in [3.8, 4) is 0 Å². The van der Waals surface area contributed by atoms with Crippen LogP contribution in [0.5, 0.6) is 0 Å². The van der Waals surface area contributed by atoms with Gasteiger partial charge in [0.05, 0.1) is 18.6 Å². The molecule has 0 saturated heterocycles. The molecule has 0 unspecified atom stereocenters. The highest BCUT2D eigenvalue weighted by Crippen LogP contribution is 2.52. The number of hydrogen-bond acceptors (Lipinski definition) is 2. The molecule has 0 spiro atoms. The molecule has 0 N–H and O–H groups in total. The first kappa shape index (κ1) is 15.4. The summed E-state index contributed by atoms with van der Waals surface area (Å²) in [6.45, 7) is 6.83. The van der Waals surface area contributed by atoms with E-state index in [9.17, 15) is 4.79 Å². The second-order valence-corrected chi connectivity index (χ2v) is 7.82. The maximum atomic E-state index is 12.6. The van der Waals surface area contributed by atoms with Gasteiger partial charge >= 0.3 is 0 Å². The average molecular weight is 323 g/mol. The number of amides is 1. The molecule has 1 fully saturated rings. The Labute approximate surface area is 143 Å². The molecule has 1 aliphatic carbocycles. The number of benzene rings is 1. The third-order valence-corrected chi connectivity index (χ3v) is 5.60. The number of carbonyl (C=O) groups excluding carboxylic acids is 1. The lowest BCUT2D eigenvalue weighted by Gasteiger charge is -2.28. The van der Waals surface area contributed by atoms with Gasteiger partial charge in [0.2, 0.25) is 5.91 Å². The van der Waals surface area contributed by atoms with Crippen LogP contribution in [0.3, 0.4) is 0 Å². The van der Waals surface area contributed by atoms with Gasteiger partial charge in [0.1, 0.15) is 0 Å². The molecule has 1 saturated carbocycles. The summed E-state index contributed by atoms with van der Waals surface area (Å²) in [5.74, 6) is 0.545. The minimum absolute atomic E-state index is 0.201. The summed E-state index contributed by atoms with van der Waals surface area (Å²) in [7, 11) is 0. The molecular formula is C20H25N3O. The number of carbonyl (C=O) groups is 1. The first-order valence-electron chi connectivity index (χ1n) is 8.90. The Balaban J connectivity index is 1.41. The molecule has 2 aromatic rings.